The summed E-state index contributed by atoms with van der Waals surface area (Å²) >= 11 is 0. The third-order valence-corrected chi connectivity index (χ3v) is 4.97. The molecule has 3 rings (SSSR count). The zero-order valence-electron chi connectivity index (χ0n) is 10.3. The normalized spacial score (nSPS) is 36.9. The lowest BCUT2D eigenvalue weighted by Gasteiger charge is -2.42. The van der Waals surface area contributed by atoms with Crippen LogP contribution in [-0.2, 0) is 24.8 Å². The number of rotatable bonds is 1. The minimum absolute atomic E-state index is 0.204. The molecular formula is C12H14FNO4S. The Kier molecular flexibility index (Phi) is 2.90. The van der Waals surface area contributed by atoms with Crippen molar-refractivity contribution >= 4 is 10.3 Å². The highest BCUT2D eigenvalue weighted by atomic mass is 32.2. The van der Waals surface area contributed by atoms with E-state index in [1.54, 1.807) is 25.1 Å². The second kappa shape index (κ2) is 4.24. The van der Waals surface area contributed by atoms with E-state index in [1.165, 1.54) is 6.07 Å². The van der Waals surface area contributed by atoms with Crippen LogP contribution in [0.5, 0.6) is 0 Å². The topological polar surface area (TPSA) is 64.6 Å². The van der Waals surface area contributed by atoms with E-state index in [2.05, 4.69) is 4.72 Å². The summed E-state index contributed by atoms with van der Waals surface area (Å²) in [5, 5.41) is 0. The van der Waals surface area contributed by atoms with Gasteiger partial charge in [-0.25, -0.2) is 4.39 Å². The average Bonchev–Trinajstić information content (AvgIpc) is 2.76. The Morgan fingerprint density at radius 3 is 2.84 bits per heavy atom. The maximum Gasteiger partial charge on any atom is 0.337 e. The molecule has 0 bridgehead atoms. The lowest BCUT2D eigenvalue weighted by Crippen LogP contribution is -2.58. The highest BCUT2D eigenvalue weighted by molar-refractivity contribution is 7.84. The Labute approximate surface area is 111 Å². The van der Waals surface area contributed by atoms with Crippen LogP contribution in [0.3, 0.4) is 0 Å². The van der Waals surface area contributed by atoms with Crippen LogP contribution >= 0.6 is 0 Å². The number of fused-ring (bicyclic) bond motifs is 1. The number of halogens is 1. The van der Waals surface area contributed by atoms with Crippen LogP contribution in [0.2, 0.25) is 0 Å². The molecule has 0 unspecified atom stereocenters. The first-order valence-corrected chi connectivity index (χ1v) is 7.38. The molecule has 104 valence electrons. The van der Waals surface area contributed by atoms with Crippen LogP contribution in [0, 0.1) is 11.7 Å². The molecule has 0 saturated carbocycles. The number of ether oxygens (including phenoxy) is 1. The van der Waals surface area contributed by atoms with Crippen LogP contribution in [0.1, 0.15) is 12.5 Å². The van der Waals surface area contributed by atoms with Gasteiger partial charge in [0.25, 0.3) is 0 Å². The number of nitrogens with one attached hydrogen (secondary N) is 1. The molecular weight excluding hydrogens is 273 g/mol. The van der Waals surface area contributed by atoms with Gasteiger partial charge in [0, 0.05) is 11.5 Å². The largest absolute Gasteiger partial charge is 0.378 e. The number of hydrogen-bond donors (Lipinski definition) is 1. The molecule has 3 atom stereocenters. The molecule has 2 fully saturated rings. The summed E-state index contributed by atoms with van der Waals surface area (Å²) in [6.45, 7) is 2.20. The molecule has 5 nitrogen and oxygen atoms in total. The van der Waals surface area contributed by atoms with Crippen molar-refractivity contribution in [1.82, 2.24) is 4.72 Å². The van der Waals surface area contributed by atoms with Crippen molar-refractivity contribution in [3.05, 3.63) is 35.6 Å². The van der Waals surface area contributed by atoms with Crippen LogP contribution in [0.25, 0.3) is 0 Å². The highest BCUT2D eigenvalue weighted by Crippen LogP contribution is 2.41. The fourth-order valence-corrected chi connectivity index (χ4v) is 4.17. The lowest BCUT2D eigenvalue weighted by molar-refractivity contribution is 0.0834. The van der Waals surface area contributed by atoms with Crippen molar-refractivity contribution in [3.63, 3.8) is 0 Å². The number of benzene rings is 1. The van der Waals surface area contributed by atoms with Crippen LogP contribution in [-0.4, -0.2) is 27.7 Å². The van der Waals surface area contributed by atoms with Crippen molar-refractivity contribution in [2.75, 3.05) is 13.2 Å². The summed E-state index contributed by atoms with van der Waals surface area (Å²) in [4.78, 5) is 0. The summed E-state index contributed by atoms with van der Waals surface area (Å²) in [6.07, 6.45) is -0.573. The van der Waals surface area contributed by atoms with Gasteiger partial charge >= 0.3 is 10.3 Å². The Balaban J connectivity index is 2.12. The van der Waals surface area contributed by atoms with Gasteiger partial charge in [0.2, 0.25) is 0 Å². The predicted octanol–water partition coefficient (Wildman–Crippen LogP) is 0.921. The van der Waals surface area contributed by atoms with Gasteiger partial charge in [0.1, 0.15) is 11.9 Å². The van der Waals surface area contributed by atoms with E-state index in [-0.39, 0.29) is 12.5 Å². The molecule has 2 aliphatic rings. The minimum atomic E-state index is -3.91. The maximum absolute atomic E-state index is 14.0. The second-order valence-electron chi connectivity index (χ2n) is 5.02. The van der Waals surface area contributed by atoms with Gasteiger partial charge in [-0.15, -0.1) is 0 Å². The molecule has 0 radical (unpaired) electrons. The first kappa shape index (κ1) is 13.0. The summed E-state index contributed by atoms with van der Waals surface area (Å²) < 4.78 is 50.3. The van der Waals surface area contributed by atoms with E-state index in [9.17, 15) is 12.8 Å². The van der Waals surface area contributed by atoms with Crippen molar-refractivity contribution in [2.24, 2.45) is 5.92 Å². The van der Waals surface area contributed by atoms with E-state index in [1.807, 2.05) is 0 Å². The Hall–Kier alpha value is -1.02. The SMILES string of the molecule is C[C@]1(c2ccccc2F)NS(=O)(=O)O[C@@H]2COC[C@@H]21. The Bertz CT molecular complexity index is 606. The molecule has 2 heterocycles. The molecule has 7 heteroatoms. The predicted molar refractivity (Wildman–Crippen MR) is 65.0 cm³/mol. The molecule has 1 aromatic carbocycles. The van der Waals surface area contributed by atoms with Crippen LogP contribution < -0.4 is 4.72 Å². The molecule has 0 aliphatic carbocycles. The zero-order valence-corrected chi connectivity index (χ0v) is 11.1. The van der Waals surface area contributed by atoms with E-state index in [4.69, 9.17) is 8.92 Å². The standard InChI is InChI=1S/C12H14FNO4S/c1-12(8-4-2-3-5-10(8)13)9-6-17-7-11(9)18-19(15,16)14-12/h2-5,9,11,14H,6-7H2,1H3/t9-,11+,12+/m0/s1. The quantitative estimate of drug-likeness (QED) is 0.834. The Morgan fingerprint density at radius 2 is 2.11 bits per heavy atom. The van der Waals surface area contributed by atoms with Gasteiger partial charge in [0.05, 0.1) is 18.8 Å². The maximum atomic E-state index is 14.0. The van der Waals surface area contributed by atoms with E-state index in [0.717, 1.165) is 0 Å². The van der Waals surface area contributed by atoms with Crippen molar-refractivity contribution in [2.45, 2.75) is 18.6 Å². The summed E-state index contributed by atoms with van der Waals surface area (Å²) in [7, 11) is -3.91. The lowest BCUT2D eigenvalue weighted by atomic mass is 9.78. The fraction of sp³-hybridized carbons (Fsp3) is 0.500. The van der Waals surface area contributed by atoms with Gasteiger partial charge in [-0.1, -0.05) is 18.2 Å². The zero-order chi connectivity index (χ0) is 13.7. The summed E-state index contributed by atoms with van der Waals surface area (Å²) in [5.41, 5.74) is -0.758. The summed E-state index contributed by atoms with van der Waals surface area (Å²) in [6, 6.07) is 6.14. The van der Waals surface area contributed by atoms with Crippen molar-refractivity contribution in [1.29, 1.82) is 0 Å². The first-order chi connectivity index (χ1) is 8.92. The van der Waals surface area contributed by atoms with E-state index >= 15 is 0 Å². The van der Waals surface area contributed by atoms with Crippen LogP contribution in [0.15, 0.2) is 24.3 Å². The average molecular weight is 287 g/mol. The molecule has 19 heavy (non-hydrogen) atoms. The fourth-order valence-electron chi connectivity index (χ4n) is 2.83. The van der Waals surface area contributed by atoms with Crippen LogP contribution in [0.4, 0.5) is 4.39 Å². The second-order valence-corrected chi connectivity index (χ2v) is 6.32. The van der Waals surface area contributed by atoms with Gasteiger partial charge in [-0.2, -0.15) is 13.1 Å². The van der Waals surface area contributed by atoms with Gasteiger partial charge in [0.15, 0.2) is 0 Å². The third kappa shape index (κ3) is 2.06. The third-order valence-electron chi connectivity index (χ3n) is 3.79. The Morgan fingerprint density at radius 1 is 1.37 bits per heavy atom. The molecule has 2 aliphatic heterocycles. The molecule has 0 spiro atoms. The molecule has 2 saturated heterocycles. The molecule has 1 aromatic rings. The van der Waals surface area contributed by atoms with E-state index in [0.29, 0.717) is 12.2 Å². The molecule has 1 N–H and O–H groups in total. The van der Waals surface area contributed by atoms with Gasteiger partial charge < -0.3 is 4.74 Å². The minimum Gasteiger partial charge on any atom is -0.378 e. The van der Waals surface area contributed by atoms with E-state index < -0.39 is 27.8 Å². The monoisotopic (exact) mass is 287 g/mol. The summed E-state index contributed by atoms with van der Waals surface area (Å²) in [5.74, 6) is -0.701. The molecule has 0 amide bonds. The van der Waals surface area contributed by atoms with Gasteiger partial charge in [-0.3, -0.25) is 4.18 Å². The van der Waals surface area contributed by atoms with Crippen molar-refractivity contribution < 1.29 is 21.7 Å². The molecule has 0 aromatic heterocycles. The van der Waals surface area contributed by atoms with Crippen molar-refractivity contribution in [3.8, 4) is 0 Å². The number of hydrogen-bond acceptors (Lipinski definition) is 4. The smallest absolute Gasteiger partial charge is 0.337 e. The highest BCUT2D eigenvalue weighted by Gasteiger charge is 2.53. The van der Waals surface area contributed by atoms with Gasteiger partial charge in [-0.05, 0) is 13.0 Å². The first-order valence-electron chi connectivity index (χ1n) is 5.97.